The molecule has 0 spiro atoms. The highest BCUT2D eigenvalue weighted by molar-refractivity contribution is 6.01. The molecule has 96 valence electrons. The van der Waals surface area contributed by atoms with Crippen LogP contribution in [-0.4, -0.2) is 17.4 Å². The maximum atomic E-state index is 8.75. The molecular formula is C13H28N2O. The summed E-state index contributed by atoms with van der Waals surface area (Å²) in [5.41, 5.74) is 7.79. The summed E-state index contributed by atoms with van der Waals surface area (Å²) in [4.78, 5) is 0. The molecule has 0 unspecified atom stereocenters. The van der Waals surface area contributed by atoms with Gasteiger partial charge < -0.3 is 16.2 Å². The highest BCUT2D eigenvalue weighted by Crippen LogP contribution is 2.33. The Kier molecular flexibility index (Phi) is 11.7. The van der Waals surface area contributed by atoms with Gasteiger partial charge in [-0.1, -0.05) is 27.7 Å². The number of hydrogen-bond acceptors (Lipinski definition) is 3. The monoisotopic (exact) mass is 228 g/mol. The van der Waals surface area contributed by atoms with Gasteiger partial charge in [-0.15, -0.1) is 0 Å². The maximum absolute atomic E-state index is 8.75. The lowest BCUT2D eigenvalue weighted by Crippen LogP contribution is -2.11. The lowest BCUT2D eigenvalue weighted by molar-refractivity contribution is 0.300. The predicted octanol–water partition coefficient (Wildman–Crippen LogP) is 3.08. The van der Waals surface area contributed by atoms with Gasteiger partial charge in [0.1, 0.15) is 0 Å². The van der Waals surface area contributed by atoms with E-state index in [1.165, 1.54) is 0 Å². The van der Waals surface area contributed by atoms with Gasteiger partial charge in [0.25, 0.3) is 0 Å². The van der Waals surface area contributed by atoms with E-state index in [4.69, 9.17) is 16.2 Å². The van der Waals surface area contributed by atoms with E-state index in [0.717, 1.165) is 18.4 Å². The molecule has 1 saturated carbocycles. The summed E-state index contributed by atoms with van der Waals surface area (Å²) in [6, 6.07) is 0. The van der Waals surface area contributed by atoms with Gasteiger partial charge >= 0.3 is 0 Å². The van der Waals surface area contributed by atoms with Crippen molar-refractivity contribution in [2.24, 2.45) is 11.7 Å². The van der Waals surface area contributed by atoms with Crippen LogP contribution in [0.5, 0.6) is 0 Å². The Morgan fingerprint density at radius 2 is 1.69 bits per heavy atom. The van der Waals surface area contributed by atoms with Crippen molar-refractivity contribution in [3.8, 4) is 0 Å². The highest BCUT2D eigenvalue weighted by Gasteiger charge is 2.28. The largest absolute Gasteiger partial charge is 0.402 e. The number of allylic oxidation sites excluding steroid dienone is 1. The van der Waals surface area contributed by atoms with Crippen molar-refractivity contribution in [1.82, 2.24) is 0 Å². The number of hydrogen-bond donors (Lipinski definition) is 3. The SMILES string of the molecule is C/C(N)=C(\CCO)C(=N)C1CC1.CC.CC. The van der Waals surface area contributed by atoms with Crippen LogP contribution in [0.4, 0.5) is 0 Å². The third-order valence-corrected chi connectivity index (χ3v) is 2.15. The average molecular weight is 228 g/mol. The van der Waals surface area contributed by atoms with Gasteiger partial charge in [0.2, 0.25) is 0 Å². The van der Waals surface area contributed by atoms with Gasteiger partial charge in [0.05, 0.1) is 0 Å². The van der Waals surface area contributed by atoms with E-state index >= 15 is 0 Å². The second-order valence-electron chi connectivity index (χ2n) is 3.32. The average Bonchev–Trinajstić information content (AvgIpc) is 3.14. The molecule has 3 heteroatoms. The zero-order valence-electron chi connectivity index (χ0n) is 11.4. The van der Waals surface area contributed by atoms with Gasteiger partial charge in [-0.3, -0.25) is 0 Å². The third kappa shape index (κ3) is 6.62. The molecule has 4 N–H and O–H groups in total. The van der Waals surface area contributed by atoms with Crippen LogP contribution >= 0.6 is 0 Å². The van der Waals surface area contributed by atoms with Crippen molar-refractivity contribution < 1.29 is 5.11 Å². The quantitative estimate of drug-likeness (QED) is 0.647. The predicted molar refractivity (Wildman–Crippen MR) is 71.7 cm³/mol. The molecular weight excluding hydrogens is 200 g/mol. The summed E-state index contributed by atoms with van der Waals surface area (Å²) in [5.74, 6) is 0.421. The Bertz CT molecular complexity index is 214. The van der Waals surface area contributed by atoms with Crippen molar-refractivity contribution in [3.63, 3.8) is 0 Å². The highest BCUT2D eigenvalue weighted by atomic mass is 16.2. The molecule has 0 radical (unpaired) electrons. The smallest absolute Gasteiger partial charge is 0.0472 e. The van der Waals surface area contributed by atoms with Crippen LogP contribution in [0.15, 0.2) is 11.3 Å². The Morgan fingerprint density at radius 3 is 1.94 bits per heavy atom. The van der Waals surface area contributed by atoms with Crippen LogP contribution in [0, 0.1) is 11.3 Å². The number of nitrogens with one attached hydrogen (secondary N) is 1. The van der Waals surface area contributed by atoms with Crippen LogP contribution in [-0.2, 0) is 0 Å². The van der Waals surface area contributed by atoms with Crippen LogP contribution in [0.3, 0.4) is 0 Å². The normalized spacial score (nSPS) is 14.9. The van der Waals surface area contributed by atoms with Crippen molar-refractivity contribution in [1.29, 1.82) is 5.41 Å². The minimum Gasteiger partial charge on any atom is -0.402 e. The molecule has 3 nitrogen and oxygen atoms in total. The van der Waals surface area contributed by atoms with Crippen molar-refractivity contribution in [3.05, 3.63) is 11.3 Å². The standard InChI is InChI=1S/C9H16N2O.2C2H6/c1-6(10)8(4-5-12)9(11)7-2-3-7;2*1-2/h7,11-12H,2-5,10H2,1H3;2*1-2H3/b8-6-,11-9?;;. The second kappa shape index (κ2) is 10.7. The summed E-state index contributed by atoms with van der Waals surface area (Å²) in [6.45, 7) is 9.88. The fraction of sp³-hybridized carbons (Fsp3) is 0.769. The molecule has 1 rings (SSSR count). The summed E-state index contributed by atoms with van der Waals surface area (Å²) in [7, 11) is 0. The van der Waals surface area contributed by atoms with E-state index < -0.39 is 0 Å². The molecule has 0 amide bonds. The van der Waals surface area contributed by atoms with E-state index in [0.29, 0.717) is 23.7 Å². The summed E-state index contributed by atoms with van der Waals surface area (Å²) in [5, 5.41) is 16.5. The van der Waals surface area contributed by atoms with Crippen molar-refractivity contribution in [2.45, 2.75) is 53.9 Å². The minimum atomic E-state index is 0.0823. The van der Waals surface area contributed by atoms with Gasteiger partial charge in [0, 0.05) is 23.9 Å². The van der Waals surface area contributed by atoms with Crippen LogP contribution in [0.2, 0.25) is 0 Å². The molecule has 0 aromatic heterocycles. The van der Waals surface area contributed by atoms with Gasteiger partial charge in [-0.2, -0.15) is 0 Å². The first-order valence-electron chi connectivity index (χ1n) is 6.31. The van der Waals surface area contributed by atoms with E-state index in [-0.39, 0.29) is 6.61 Å². The summed E-state index contributed by atoms with van der Waals surface area (Å²) >= 11 is 0. The Labute approximate surface area is 100 Å². The van der Waals surface area contributed by atoms with Crippen molar-refractivity contribution in [2.75, 3.05) is 6.61 Å². The molecule has 0 aromatic rings. The molecule has 0 aromatic carbocycles. The Hall–Kier alpha value is -0.830. The zero-order valence-corrected chi connectivity index (χ0v) is 11.4. The Balaban J connectivity index is 0. The number of nitrogens with two attached hydrogens (primary N) is 1. The molecule has 0 aliphatic heterocycles. The van der Waals surface area contributed by atoms with Crippen LogP contribution in [0.25, 0.3) is 0 Å². The molecule has 0 heterocycles. The molecule has 0 bridgehead atoms. The van der Waals surface area contributed by atoms with Gasteiger partial charge in [-0.05, 0) is 31.8 Å². The molecule has 1 aliphatic carbocycles. The molecule has 16 heavy (non-hydrogen) atoms. The molecule has 0 atom stereocenters. The topological polar surface area (TPSA) is 70.1 Å². The first-order valence-corrected chi connectivity index (χ1v) is 6.31. The van der Waals surface area contributed by atoms with Crippen molar-refractivity contribution >= 4 is 5.71 Å². The first-order chi connectivity index (χ1) is 7.66. The third-order valence-electron chi connectivity index (χ3n) is 2.15. The van der Waals surface area contributed by atoms with E-state index in [1.807, 2.05) is 27.7 Å². The second-order valence-corrected chi connectivity index (χ2v) is 3.32. The van der Waals surface area contributed by atoms with Gasteiger partial charge in [-0.25, -0.2) is 0 Å². The summed E-state index contributed by atoms with van der Waals surface area (Å²) < 4.78 is 0. The maximum Gasteiger partial charge on any atom is 0.0472 e. The Morgan fingerprint density at radius 1 is 1.25 bits per heavy atom. The molecule has 1 aliphatic rings. The number of aliphatic hydroxyl groups is 1. The van der Waals surface area contributed by atoms with Crippen LogP contribution < -0.4 is 5.73 Å². The molecule has 1 fully saturated rings. The van der Waals surface area contributed by atoms with Crippen LogP contribution in [0.1, 0.15) is 53.9 Å². The fourth-order valence-electron chi connectivity index (χ4n) is 1.27. The van der Waals surface area contributed by atoms with E-state index in [2.05, 4.69) is 0 Å². The summed E-state index contributed by atoms with van der Waals surface area (Å²) in [6.07, 6.45) is 2.75. The lowest BCUT2D eigenvalue weighted by Gasteiger charge is -2.08. The zero-order chi connectivity index (χ0) is 13.1. The number of rotatable bonds is 4. The minimum absolute atomic E-state index is 0.0823. The number of aliphatic hydroxyl groups excluding tert-OH is 1. The molecule has 0 saturated heterocycles. The van der Waals surface area contributed by atoms with Gasteiger partial charge in [0.15, 0.2) is 0 Å². The van der Waals surface area contributed by atoms with E-state index in [1.54, 1.807) is 6.92 Å². The van der Waals surface area contributed by atoms with E-state index in [9.17, 15) is 0 Å². The fourth-order valence-corrected chi connectivity index (χ4v) is 1.27. The first kappa shape index (κ1) is 17.6. The lowest BCUT2D eigenvalue weighted by atomic mass is 10.0.